The number of halogens is 7. The van der Waals surface area contributed by atoms with Crippen molar-refractivity contribution in [3.63, 3.8) is 0 Å². The molecule has 9 nitrogen and oxygen atoms in total. The number of alkyl halides is 7. The first kappa shape index (κ1) is 35.0. The average molecular weight is 762 g/mol. The van der Waals surface area contributed by atoms with Gasteiger partial charge < -0.3 is 18.9 Å². The number of ether oxygens (including phenoxy) is 4. The Hall–Kier alpha value is -1.43. The van der Waals surface area contributed by atoms with Crippen molar-refractivity contribution in [2.24, 2.45) is 35.5 Å². The van der Waals surface area contributed by atoms with E-state index >= 15 is 0 Å². The molecule has 0 radical (unpaired) electrons. The fourth-order valence-corrected chi connectivity index (χ4v) is 10.3. The molecule has 8 fully saturated rings. The van der Waals surface area contributed by atoms with Crippen molar-refractivity contribution in [1.29, 1.82) is 0 Å². The number of carbonyl (C=O) groups is 1. The first-order chi connectivity index (χ1) is 22.4. The molecule has 10 aliphatic rings. The van der Waals surface area contributed by atoms with Crippen LogP contribution >= 0.6 is 15.9 Å². The molecule has 2 unspecified atom stereocenters. The zero-order chi connectivity index (χ0) is 34.7. The van der Waals surface area contributed by atoms with E-state index in [0.717, 1.165) is 12.8 Å². The summed E-state index contributed by atoms with van der Waals surface area (Å²) < 4.78 is 103. The highest BCUT2D eigenvalue weighted by Gasteiger charge is 2.71. The van der Waals surface area contributed by atoms with Crippen LogP contribution in [0.1, 0.15) is 79.1 Å². The molecule has 0 aromatic carbocycles. The monoisotopic (exact) mass is 760 g/mol. The molecular formula is C32H39BrF6O9. The minimum atomic E-state index is -4.76. The van der Waals surface area contributed by atoms with Gasteiger partial charge in [0.2, 0.25) is 35.7 Å². The summed E-state index contributed by atoms with van der Waals surface area (Å²) in [6, 6.07) is 0. The molecule has 16 heteroatoms. The third kappa shape index (κ3) is 5.12. The van der Waals surface area contributed by atoms with Crippen molar-refractivity contribution in [3.05, 3.63) is 22.7 Å². The summed E-state index contributed by atoms with van der Waals surface area (Å²) in [6.45, 7) is 7.48. The van der Waals surface area contributed by atoms with Gasteiger partial charge in [-0.1, -0.05) is 29.8 Å². The van der Waals surface area contributed by atoms with Crippen LogP contribution in [0.25, 0.3) is 0 Å². The Morgan fingerprint density at radius 2 is 1.17 bits per heavy atom. The lowest BCUT2D eigenvalue weighted by molar-refractivity contribution is -0.557. The molecule has 4 bridgehead atoms. The van der Waals surface area contributed by atoms with E-state index in [1.54, 1.807) is 13.8 Å². The van der Waals surface area contributed by atoms with Crippen LogP contribution in [0.5, 0.6) is 0 Å². The third-order valence-corrected chi connectivity index (χ3v) is 12.6. The lowest BCUT2D eigenvalue weighted by Gasteiger charge is -2.57. The quantitative estimate of drug-likeness (QED) is 0.122. The lowest BCUT2D eigenvalue weighted by Crippen LogP contribution is -2.67. The number of hydrogen-bond acceptors (Lipinski definition) is 9. The van der Waals surface area contributed by atoms with Crippen LogP contribution in [0.4, 0.5) is 26.3 Å². The average Bonchev–Trinajstić information content (AvgIpc) is 3.39. The molecule has 10 rings (SSSR count). The minimum absolute atomic E-state index is 0.0365. The predicted octanol–water partition coefficient (Wildman–Crippen LogP) is 7.69. The highest BCUT2D eigenvalue weighted by Crippen LogP contribution is 2.63. The Bertz CT molecular complexity index is 1390. The summed E-state index contributed by atoms with van der Waals surface area (Å²) in [5.74, 6) is -5.15. The van der Waals surface area contributed by atoms with Gasteiger partial charge in [-0.25, -0.2) is 19.6 Å². The maximum Gasteiger partial charge on any atom is 0.449 e. The van der Waals surface area contributed by atoms with E-state index in [1.165, 1.54) is 0 Å². The summed E-state index contributed by atoms with van der Waals surface area (Å²) in [5, 5.41) is 0.0860. The van der Waals surface area contributed by atoms with E-state index in [0.29, 0.717) is 44.4 Å². The molecule has 0 N–H and O–H groups in total. The smallest absolute Gasteiger partial charge is 0.449 e. The van der Waals surface area contributed by atoms with Gasteiger partial charge in [-0.3, -0.25) is 4.79 Å². The molecular weight excluding hydrogens is 722 g/mol. The Kier molecular flexibility index (Phi) is 8.41. The van der Waals surface area contributed by atoms with Crippen molar-refractivity contribution in [2.75, 3.05) is 5.33 Å². The lowest BCUT2D eigenvalue weighted by atomic mass is 9.59. The summed E-state index contributed by atoms with van der Waals surface area (Å²) in [4.78, 5) is 34.0. The molecule has 2 aliphatic carbocycles. The van der Waals surface area contributed by atoms with Crippen molar-refractivity contribution in [3.8, 4) is 0 Å². The minimum Gasteiger partial charge on any atom is -0.456 e. The van der Waals surface area contributed by atoms with Crippen LogP contribution in [0, 0.1) is 35.5 Å². The Balaban J connectivity index is 0.000000152. The molecule has 0 aromatic rings. The van der Waals surface area contributed by atoms with Crippen LogP contribution in [-0.4, -0.2) is 59.3 Å². The van der Waals surface area contributed by atoms with Crippen LogP contribution in [0.3, 0.4) is 0 Å². The SMILES string of the molecule is C[C@@H]1CC[C@H]2C(C=O)=C(C(F)(F)F)O[C@@H]3O[C@]4(C)CCC1[C@]32OO4.C[C@@H]1CC[C@H]2C(CBr)=C(C(F)(F)F)O[C@@H]3O[C@]4(C)CCC1[C@]32OO4. The zero-order valence-electron chi connectivity index (χ0n) is 26.9. The topological polar surface area (TPSA) is 90.9 Å². The first-order valence-corrected chi connectivity index (χ1v) is 17.6. The largest absolute Gasteiger partial charge is 0.456 e. The van der Waals surface area contributed by atoms with Crippen molar-refractivity contribution in [1.82, 2.24) is 0 Å². The Morgan fingerprint density at radius 3 is 1.62 bits per heavy atom. The maximum atomic E-state index is 13.5. The number of hydrogen-bond donors (Lipinski definition) is 0. The number of allylic oxidation sites excluding steroid dienone is 2. The highest BCUT2D eigenvalue weighted by atomic mass is 79.9. The van der Waals surface area contributed by atoms with Gasteiger partial charge in [-0.2, -0.15) is 26.3 Å². The molecule has 6 saturated heterocycles. The summed E-state index contributed by atoms with van der Waals surface area (Å²) in [5.41, 5.74) is -2.41. The second-order valence-corrected chi connectivity index (χ2v) is 15.4. The summed E-state index contributed by atoms with van der Waals surface area (Å²) in [7, 11) is 0. The van der Waals surface area contributed by atoms with Gasteiger partial charge in [0.05, 0.1) is 0 Å². The van der Waals surface area contributed by atoms with Crippen LogP contribution in [-0.2, 0) is 43.3 Å². The molecule has 12 atom stereocenters. The summed E-state index contributed by atoms with van der Waals surface area (Å²) in [6.07, 6.45) is -6.32. The van der Waals surface area contributed by atoms with Gasteiger partial charge in [-0.05, 0) is 69.8 Å². The van der Waals surface area contributed by atoms with E-state index < -0.39 is 76.6 Å². The van der Waals surface area contributed by atoms with E-state index in [1.807, 2.05) is 6.92 Å². The van der Waals surface area contributed by atoms with Crippen molar-refractivity contribution in [2.45, 2.75) is 127 Å². The Morgan fingerprint density at radius 1 is 0.708 bits per heavy atom. The molecule has 0 amide bonds. The first-order valence-electron chi connectivity index (χ1n) is 16.5. The number of aldehydes is 1. The van der Waals surface area contributed by atoms with Crippen LogP contribution in [0.15, 0.2) is 22.7 Å². The van der Waals surface area contributed by atoms with E-state index in [9.17, 15) is 31.1 Å². The van der Waals surface area contributed by atoms with E-state index in [4.69, 9.17) is 38.5 Å². The van der Waals surface area contributed by atoms with Gasteiger partial charge in [-0.15, -0.1) is 0 Å². The second kappa shape index (κ2) is 11.5. The Labute approximate surface area is 281 Å². The molecule has 8 heterocycles. The van der Waals surface area contributed by atoms with Gasteiger partial charge in [0.25, 0.3) is 0 Å². The zero-order valence-corrected chi connectivity index (χ0v) is 28.5. The summed E-state index contributed by atoms with van der Waals surface area (Å²) >= 11 is 3.22. The molecule has 270 valence electrons. The molecule has 2 saturated carbocycles. The molecule has 0 aromatic heterocycles. The van der Waals surface area contributed by atoms with Crippen LogP contribution < -0.4 is 0 Å². The molecule has 8 aliphatic heterocycles. The van der Waals surface area contributed by atoms with Gasteiger partial charge in [0.15, 0.2) is 11.2 Å². The third-order valence-electron chi connectivity index (χ3n) is 12.0. The predicted molar refractivity (Wildman–Crippen MR) is 154 cm³/mol. The molecule has 48 heavy (non-hydrogen) atoms. The normalized spacial score (nSPS) is 47.8. The molecule has 2 spiro atoms. The van der Waals surface area contributed by atoms with Gasteiger partial charge >= 0.3 is 12.4 Å². The van der Waals surface area contributed by atoms with Crippen molar-refractivity contribution >= 4 is 22.2 Å². The van der Waals surface area contributed by atoms with Gasteiger partial charge in [0.1, 0.15) is 6.29 Å². The fourth-order valence-electron chi connectivity index (χ4n) is 9.69. The van der Waals surface area contributed by atoms with E-state index in [2.05, 4.69) is 22.9 Å². The highest BCUT2D eigenvalue weighted by molar-refractivity contribution is 9.09. The van der Waals surface area contributed by atoms with Crippen LogP contribution in [0.2, 0.25) is 0 Å². The number of carbonyl (C=O) groups excluding carboxylic acids is 1. The van der Waals surface area contributed by atoms with E-state index in [-0.39, 0.29) is 34.9 Å². The maximum absolute atomic E-state index is 13.5. The van der Waals surface area contributed by atoms with Gasteiger partial charge in [0, 0.05) is 47.4 Å². The number of rotatable bonds is 2. The number of fused-ring (bicyclic) bond motifs is 4. The fraction of sp³-hybridized carbons (Fsp3) is 0.844. The second-order valence-electron chi connectivity index (χ2n) is 14.8. The standard InChI is InChI=1S/C16H20BrF3O4.C16H19F3O5/c1-8-3-4-11-9(7-17)12(16(18,19)20)21-13-15(11)10(8)5-6-14(2,22-13)23-24-15;1-8-3-4-11-9(7-20)12(16(17,18)19)21-13-15(11)10(8)5-6-14(2,22-13)23-24-15/h8,10-11,13H,3-7H2,1-2H3;7-8,10-11,13H,3-6H2,1-2H3/t2*8-,10?,11+,13-,14+,15-/m11/s1. The van der Waals surface area contributed by atoms with Crippen molar-refractivity contribution < 1.29 is 69.6 Å².